The van der Waals surface area contributed by atoms with Crippen LogP contribution in [0.3, 0.4) is 0 Å². The van der Waals surface area contributed by atoms with Gasteiger partial charge in [-0.15, -0.1) is 0 Å². The first-order chi connectivity index (χ1) is 13.0. The number of nitrogens with one attached hydrogen (secondary N) is 2. The molecule has 2 N–H and O–H groups in total. The van der Waals surface area contributed by atoms with Crippen LogP contribution in [-0.2, 0) is 21.2 Å². The molecule has 8 heteroatoms. The highest BCUT2D eigenvalue weighted by molar-refractivity contribution is 7.89. The lowest BCUT2D eigenvalue weighted by Crippen LogP contribution is -2.40. The number of H-pyrrole nitrogens is 1. The summed E-state index contributed by atoms with van der Waals surface area (Å²) >= 11 is 0. The molecule has 0 aliphatic carbocycles. The number of carbonyl (C=O) groups is 1. The summed E-state index contributed by atoms with van der Waals surface area (Å²) in [6.07, 6.45) is 3.31. The van der Waals surface area contributed by atoms with Gasteiger partial charge in [0.2, 0.25) is 15.9 Å². The van der Waals surface area contributed by atoms with Crippen molar-refractivity contribution in [3.63, 3.8) is 0 Å². The minimum atomic E-state index is -3.31. The number of aromatic amines is 1. The highest BCUT2D eigenvalue weighted by Gasteiger charge is 2.23. The highest BCUT2D eigenvalue weighted by atomic mass is 32.2. The predicted octanol–water partition coefficient (Wildman–Crippen LogP) is 1.39. The van der Waals surface area contributed by atoms with Crippen molar-refractivity contribution < 1.29 is 13.2 Å². The van der Waals surface area contributed by atoms with Gasteiger partial charge in [0.1, 0.15) is 0 Å². The van der Waals surface area contributed by atoms with Crippen LogP contribution in [0.15, 0.2) is 35.1 Å². The number of nitrogens with zero attached hydrogens (tertiary/aromatic N) is 1. The second-order valence-electron chi connectivity index (χ2n) is 6.84. The molecule has 7 nitrogen and oxygen atoms in total. The number of sulfonamides is 1. The van der Waals surface area contributed by atoms with Crippen molar-refractivity contribution in [3.8, 4) is 0 Å². The van der Waals surface area contributed by atoms with E-state index in [1.54, 1.807) is 6.07 Å². The van der Waals surface area contributed by atoms with E-state index in [2.05, 4.69) is 10.3 Å². The van der Waals surface area contributed by atoms with E-state index in [4.69, 9.17) is 0 Å². The van der Waals surface area contributed by atoms with Crippen molar-refractivity contribution in [2.24, 2.45) is 0 Å². The van der Waals surface area contributed by atoms with E-state index in [-0.39, 0.29) is 30.2 Å². The summed E-state index contributed by atoms with van der Waals surface area (Å²) in [5, 5.41) is 3.56. The van der Waals surface area contributed by atoms with Crippen molar-refractivity contribution in [1.29, 1.82) is 0 Å². The topological polar surface area (TPSA) is 99.3 Å². The number of hydrogen-bond donors (Lipinski definition) is 2. The molecule has 1 amide bonds. The summed E-state index contributed by atoms with van der Waals surface area (Å²) < 4.78 is 26.0. The van der Waals surface area contributed by atoms with E-state index in [1.165, 1.54) is 4.31 Å². The Labute approximate surface area is 158 Å². The zero-order valence-corrected chi connectivity index (χ0v) is 16.1. The van der Waals surface area contributed by atoms with Crippen LogP contribution in [0.2, 0.25) is 0 Å². The van der Waals surface area contributed by atoms with Crippen LogP contribution < -0.4 is 10.9 Å². The molecule has 3 rings (SSSR count). The zero-order chi connectivity index (χ0) is 19.3. The van der Waals surface area contributed by atoms with Crippen LogP contribution in [0.1, 0.15) is 31.2 Å². The van der Waals surface area contributed by atoms with Crippen molar-refractivity contribution in [3.05, 3.63) is 46.2 Å². The summed E-state index contributed by atoms with van der Waals surface area (Å²) in [5.41, 5.74) is 1.11. The van der Waals surface area contributed by atoms with Gasteiger partial charge in [-0.3, -0.25) is 9.59 Å². The van der Waals surface area contributed by atoms with E-state index < -0.39 is 10.0 Å². The largest absolute Gasteiger partial charge is 0.355 e. The third-order valence-corrected chi connectivity index (χ3v) is 6.71. The van der Waals surface area contributed by atoms with Gasteiger partial charge < -0.3 is 10.3 Å². The Kier molecular flexibility index (Phi) is 6.28. The van der Waals surface area contributed by atoms with Crippen LogP contribution in [0.25, 0.3) is 10.9 Å². The number of piperidine rings is 1. The van der Waals surface area contributed by atoms with Gasteiger partial charge in [0, 0.05) is 37.1 Å². The van der Waals surface area contributed by atoms with Gasteiger partial charge in [-0.1, -0.05) is 24.6 Å². The van der Waals surface area contributed by atoms with Crippen LogP contribution in [0, 0.1) is 0 Å². The SMILES string of the molecule is O=C(CCc1cc2ccccc2[nH]c1=O)NCCS(=O)(=O)N1CCCCC1. The summed E-state index contributed by atoms with van der Waals surface area (Å²) in [6.45, 7) is 1.23. The molecule has 27 heavy (non-hydrogen) atoms. The quantitative estimate of drug-likeness (QED) is 0.745. The molecule has 1 aromatic carbocycles. The van der Waals surface area contributed by atoms with Crippen LogP contribution in [0.5, 0.6) is 0 Å². The number of aryl methyl sites for hydroxylation is 1. The van der Waals surface area contributed by atoms with Gasteiger partial charge in [0.05, 0.1) is 5.75 Å². The molecule has 0 spiro atoms. The summed E-state index contributed by atoms with van der Waals surface area (Å²) in [6, 6.07) is 9.27. The minimum Gasteiger partial charge on any atom is -0.355 e. The number of hydrogen-bond acceptors (Lipinski definition) is 4. The number of aromatic nitrogens is 1. The zero-order valence-electron chi connectivity index (χ0n) is 15.2. The number of para-hydroxylation sites is 1. The Hall–Kier alpha value is -2.19. The van der Waals surface area contributed by atoms with Crippen molar-refractivity contribution in [2.45, 2.75) is 32.1 Å². The molecule has 0 atom stereocenters. The Morgan fingerprint density at radius 2 is 1.89 bits per heavy atom. The van der Waals surface area contributed by atoms with Crippen molar-refractivity contribution >= 4 is 26.8 Å². The average Bonchev–Trinajstić information content (AvgIpc) is 2.67. The van der Waals surface area contributed by atoms with Gasteiger partial charge in [0.25, 0.3) is 5.56 Å². The molecule has 2 aromatic rings. The van der Waals surface area contributed by atoms with E-state index in [9.17, 15) is 18.0 Å². The molecular formula is C19H25N3O4S. The number of carbonyl (C=O) groups excluding carboxylic acids is 1. The summed E-state index contributed by atoms with van der Waals surface area (Å²) in [4.78, 5) is 26.9. The molecule has 2 heterocycles. The molecule has 0 saturated carbocycles. The van der Waals surface area contributed by atoms with Crippen molar-refractivity contribution in [1.82, 2.24) is 14.6 Å². The molecule has 1 aliphatic heterocycles. The van der Waals surface area contributed by atoms with E-state index in [0.717, 1.165) is 30.2 Å². The fraction of sp³-hybridized carbons (Fsp3) is 0.474. The van der Waals surface area contributed by atoms with Crippen LogP contribution in [-0.4, -0.2) is 49.0 Å². The second-order valence-corrected chi connectivity index (χ2v) is 8.93. The first kappa shape index (κ1) is 19.6. The molecule has 1 saturated heterocycles. The lowest BCUT2D eigenvalue weighted by molar-refractivity contribution is -0.120. The Morgan fingerprint density at radius 1 is 1.15 bits per heavy atom. The maximum absolute atomic E-state index is 12.2. The Balaban J connectivity index is 1.48. The van der Waals surface area contributed by atoms with E-state index >= 15 is 0 Å². The molecule has 0 unspecified atom stereocenters. The Bertz CT molecular complexity index is 962. The fourth-order valence-corrected chi connectivity index (χ4v) is 4.74. The molecular weight excluding hydrogens is 366 g/mol. The summed E-state index contributed by atoms with van der Waals surface area (Å²) in [5.74, 6) is -0.341. The fourth-order valence-electron chi connectivity index (χ4n) is 3.31. The molecule has 1 aliphatic rings. The number of fused-ring (bicyclic) bond motifs is 1. The van der Waals surface area contributed by atoms with Gasteiger partial charge in [-0.05, 0) is 36.8 Å². The first-order valence-corrected chi connectivity index (χ1v) is 10.9. The third kappa shape index (κ3) is 5.17. The smallest absolute Gasteiger partial charge is 0.251 e. The predicted molar refractivity (Wildman–Crippen MR) is 105 cm³/mol. The standard InChI is InChI=1S/C19H25N3O4S/c23-18(20-10-13-27(25,26)22-11-4-1-5-12-22)9-8-16-14-15-6-2-3-7-17(15)21-19(16)24/h2-3,6-7,14H,1,4-5,8-13H2,(H,20,23)(H,21,24). The highest BCUT2D eigenvalue weighted by Crippen LogP contribution is 2.13. The third-order valence-electron chi connectivity index (χ3n) is 4.84. The minimum absolute atomic E-state index is 0.0880. The van der Waals surface area contributed by atoms with Gasteiger partial charge >= 0.3 is 0 Å². The maximum atomic E-state index is 12.2. The van der Waals surface area contributed by atoms with Gasteiger partial charge in [-0.25, -0.2) is 12.7 Å². The lowest BCUT2D eigenvalue weighted by Gasteiger charge is -2.25. The van der Waals surface area contributed by atoms with Gasteiger partial charge in [0.15, 0.2) is 0 Å². The molecule has 1 fully saturated rings. The van der Waals surface area contributed by atoms with Crippen LogP contribution in [0.4, 0.5) is 0 Å². The molecule has 146 valence electrons. The number of pyridine rings is 1. The van der Waals surface area contributed by atoms with E-state index in [1.807, 2.05) is 24.3 Å². The molecule has 1 aromatic heterocycles. The average molecular weight is 391 g/mol. The second kappa shape index (κ2) is 8.67. The number of amides is 1. The van der Waals surface area contributed by atoms with E-state index in [0.29, 0.717) is 25.1 Å². The molecule has 0 bridgehead atoms. The van der Waals surface area contributed by atoms with Gasteiger partial charge in [-0.2, -0.15) is 0 Å². The first-order valence-electron chi connectivity index (χ1n) is 9.31. The van der Waals surface area contributed by atoms with Crippen LogP contribution >= 0.6 is 0 Å². The normalized spacial score (nSPS) is 15.7. The van der Waals surface area contributed by atoms with Crippen molar-refractivity contribution in [2.75, 3.05) is 25.4 Å². The monoisotopic (exact) mass is 391 g/mol. The summed E-state index contributed by atoms with van der Waals surface area (Å²) in [7, 11) is -3.31. The lowest BCUT2D eigenvalue weighted by atomic mass is 10.1. The number of rotatable bonds is 7. The molecule has 0 radical (unpaired) electrons. The number of benzene rings is 1. The maximum Gasteiger partial charge on any atom is 0.251 e. The Morgan fingerprint density at radius 3 is 2.67 bits per heavy atom.